The fraction of sp³-hybridized carbons (Fsp3) is 0.438. The number of methoxy groups -OCH3 is 1. The first-order valence-corrected chi connectivity index (χ1v) is 10.1. The number of rotatable bonds is 6. The Morgan fingerprint density at radius 1 is 1.39 bits per heavy atom. The first-order chi connectivity index (χ1) is 13.1. The van der Waals surface area contributed by atoms with E-state index in [-0.39, 0.29) is 48.2 Å². The Morgan fingerprint density at radius 2 is 2.14 bits per heavy atom. The topological polar surface area (TPSA) is 82.5 Å². The van der Waals surface area contributed by atoms with Gasteiger partial charge in [0.15, 0.2) is 5.69 Å². The van der Waals surface area contributed by atoms with Crippen molar-refractivity contribution in [2.24, 2.45) is 0 Å². The average Bonchev–Trinajstić information content (AvgIpc) is 3.01. The van der Waals surface area contributed by atoms with E-state index < -0.39 is 21.9 Å². The van der Waals surface area contributed by atoms with E-state index in [1.54, 1.807) is 0 Å². The number of fused-ring (bicyclic) bond motifs is 1. The summed E-state index contributed by atoms with van der Waals surface area (Å²) in [5, 5.41) is 3.76. The third kappa shape index (κ3) is 4.27. The molecule has 12 heteroatoms. The van der Waals surface area contributed by atoms with Gasteiger partial charge in [0.25, 0.3) is 0 Å². The minimum absolute atomic E-state index is 0.00328. The van der Waals surface area contributed by atoms with E-state index in [0.29, 0.717) is 11.4 Å². The number of alkyl halides is 3. The first-order valence-electron chi connectivity index (χ1n) is 8.20. The third-order valence-electron chi connectivity index (χ3n) is 4.21. The Bertz CT molecular complexity index is 976. The Morgan fingerprint density at radius 3 is 2.79 bits per heavy atom. The number of halogens is 4. The Hall–Kier alpha value is -1.82. The molecule has 1 aliphatic heterocycles. The SMILES string of the molecule is COc1ccc(S(=O)(=O)NCCn2nc(C(F)(F)F)c3c2CCOC3)cc1Cl. The molecule has 1 aromatic carbocycles. The molecular weight excluding hydrogens is 423 g/mol. The molecule has 0 amide bonds. The molecule has 0 aliphatic carbocycles. The zero-order valence-electron chi connectivity index (χ0n) is 14.7. The van der Waals surface area contributed by atoms with Gasteiger partial charge in [-0.3, -0.25) is 4.68 Å². The molecule has 0 saturated carbocycles. The quantitative estimate of drug-likeness (QED) is 0.748. The highest BCUT2D eigenvalue weighted by Gasteiger charge is 2.39. The summed E-state index contributed by atoms with van der Waals surface area (Å²) in [5.41, 5.74) is -0.583. The number of nitrogens with zero attached hydrogens (tertiary/aromatic N) is 2. The van der Waals surface area contributed by atoms with Crippen LogP contribution in [0.4, 0.5) is 13.2 Å². The summed E-state index contributed by atoms with van der Waals surface area (Å²) in [5.74, 6) is 0.325. The lowest BCUT2D eigenvalue weighted by Gasteiger charge is -2.15. The Balaban J connectivity index is 1.74. The zero-order valence-corrected chi connectivity index (χ0v) is 16.3. The lowest BCUT2D eigenvalue weighted by molar-refractivity contribution is -0.142. The molecule has 1 aromatic heterocycles. The lowest BCUT2D eigenvalue weighted by Crippen LogP contribution is -2.28. The maximum atomic E-state index is 13.2. The smallest absolute Gasteiger partial charge is 0.435 e. The van der Waals surface area contributed by atoms with Crippen LogP contribution in [0.5, 0.6) is 5.75 Å². The molecule has 28 heavy (non-hydrogen) atoms. The molecule has 3 rings (SSSR count). The molecule has 2 heterocycles. The second-order valence-electron chi connectivity index (χ2n) is 5.99. The molecule has 0 fully saturated rings. The molecule has 0 spiro atoms. The van der Waals surface area contributed by atoms with E-state index >= 15 is 0 Å². The molecule has 0 atom stereocenters. The average molecular weight is 440 g/mol. The van der Waals surface area contributed by atoms with Crippen LogP contribution in [0, 0.1) is 0 Å². The van der Waals surface area contributed by atoms with Gasteiger partial charge in [-0.25, -0.2) is 13.1 Å². The number of ether oxygens (including phenoxy) is 2. The van der Waals surface area contributed by atoms with Crippen LogP contribution in [0.1, 0.15) is 17.0 Å². The van der Waals surface area contributed by atoms with Crippen LogP contribution in [0.25, 0.3) is 0 Å². The largest absolute Gasteiger partial charge is 0.495 e. The predicted molar refractivity (Wildman–Crippen MR) is 93.8 cm³/mol. The Kier molecular flexibility index (Phi) is 5.89. The van der Waals surface area contributed by atoms with Crippen molar-refractivity contribution in [2.45, 2.75) is 30.6 Å². The molecule has 0 unspecified atom stereocenters. The van der Waals surface area contributed by atoms with Crippen molar-refractivity contribution < 1.29 is 31.1 Å². The number of hydrogen-bond donors (Lipinski definition) is 1. The number of benzene rings is 1. The van der Waals surface area contributed by atoms with Crippen molar-refractivity contribution in [2.75, 3.05) is 20.3 Å². The van der Waals surface area contributed by atoms with E-state index in [1.807, 2.05) is 0 Å². The van der Waals surface area contributed by atoms with Gasteiger partial charge in [-0.1, -0.05) is 11.6 Å². The second kappa shape index (κ2) is 7.90. The summed E-state index contributed by atoms with van der Waals surface area (Å²) >= 11 is 5.94. The van der Waals surface area contributed by atoms with Crippen molar-refractivity contribution in [1.82, 2.24) is 14.5 Å². The van der Waals surface area contributed by atoms with Crippen molar-refractivity contribution in [3.63, 3.8) is 0 Å². The summed E-state index contributed by atoms with van der Waals surface area (Å²) in [7, 11) is -2.50. The molecule has 0 radical (unpaired) electrons. The van der Waals surface area contributed by atoms with Gasteiger partial charge in [0.1, 0.15) is 5.75 Å². The summed E-state index contributed by atoms with van der Waals surface area (Å²) in [6.45, 7) is -0.0773. The zero-order chi connectivity index (χ0) is 20.5. The van der Waals surface area contributed by atoms with Crippen LogP contribution in [0.3, 0.4) is 0 Å². The van der Waals surface area contributed by atoms with Gasteiger partial charge < -0.3 is 9.47 Å². The molecule has 154 valence electrons. The van der Waals surface area contributed by atoms with Crippen molar-refractivity contribution in [3.8, 4) is 5.75 Å². The standard InChI is InChI=1S/C16H17ClF3N3O4S/c1-26-14-3-2-10(8-12(14)17)28(24,25)21-5-6-23-13-4-7-27-9-11(13)15(22-23)16(18,19)20/h2-3,8,21H,4-7,9H2,1H3. The molecular formula is C16H17ClF3N3O4S. The van der Waals surface area contributed by atoms with Crippen LogP contribution in [0.2, 0.25) is 5.02 Å². The third-order valence-corrected chi connectivity index (χ3v) is 5.97. The molecule has 0 saturated heterocycles. The van der Waals surface area contributed by atoms with E-state index in [0.717, 1.165) is 0 Å². The summed E-state index contributed by atoms with van der Waals surface area (Å²) < 4.78 is 77.8. The van der Waals surface area contributed by atoms with Crippen molar-refractivity contribution in [1.29, 1.82) is 0 Å². The fourth-order valence-corrected chi connectivity index (χ4v) is 4.27. The van der Waals surface area contributed by atoms with Crippen molar-refractivity contribution in [3.05, 3.63) is 40.2 Å². The number of hydrogen-bond acceptors (Lipinski definition) is 5. The van der Waals surface area contributed by atoms with E-state index in [2.05, 4.69) is 9.82 Å². The van der Waals surface area contributed by atoms with Crippen LogP contribution >= 0.6 is 11.6 Å². The highest BCUT2D eigenvalue weighted by molar-refractivity contribution is 7.89. The first kappa shape index (κ1) is 20.9. The highest BCUT2D eigenvalue weighted by Crippen LogP contribution is 2.34. The fourth-order valence-electron chi connectivity index (χ4n) is 2.90. The van der Waals surface area contributed by atoms with Gasteiger partial charge in [0, 0.05) is 24.2 Å². The van der Waals surface area contributed by atoms with Crippen LogP contribution < -0.4 is 9.46 Å². The van der Waals surface area contributed by atoms with E-state index in [1.165, 1.54) is 30.0 Å². The van der Waals surface area contributed by atoms with Crippen LogP contribution in [0.15, 0.2) is 23.1 Å². The van der Waals surface area contributed by atoms with Gasteiger partial charge in [-0.05, 0) is 18.2 Å². The maximum Gasteiger partial charge on any atom is 0.435 e. The predicted octanol–water partition coefficient (Wildman–Crippen LogP) is 2.62. The number of aromatic nitrogens is 2. The van der Waals surface area contributed by atoms with Gasteiger partial charge in [-0.15, -0.1) is 0 Å². The second-order valence-corrected chi connectivity index (χ2v) is 8.17. The minimum Gasteiger partial charge on any atom is -0.495 e. The summed E-state index contributed by atoms with van der Waals surface area (Å²) in [6, 6.07) is 3.97. The lowest BCUT2D eigenvalue weighted by atomic mass is 10.1. The number of sulfonamides is 1. The Labute approximate surface area is 164 Å². The van der Waals surface area contributed by atoms with Gasteiger partial charge in [-0.2, -0.15) is 18.3 Å². The summed E-state index contributed by atoms with van der Waals surface area (Å²) in [6.07, 6.45) is -4.32. The minimum atomic E-state index is -4.60. The van der Waals surface area contributed by atoms with E-state index in [4.69, 9.17) is 21.1 Å². The van der Waals surface area contributed by atoms with E-state index in [9.17, 15) is 21.6 Å². The van der Waals surface area contributed by atoms with Gasteiger partial charge in [0.2, 0.25) is 10.0 Å². The maximum absolute atomic E-state index is 13.2. The monoisotopic (exact) mass is 439 g/mol. The molecule has 2 aromatic rings. The molecule has 1 N–H and O–H groups in total. The van der Waals surface area contributed by atoms with Crippen LogP contribution in [-0.4, -0.2) is 38.5 Å². The van der Waals surface area contributed by atoms with Gasteiger partial charge in [0.05, 0.1) is 36.8 Å². The highest BCUT2D eigenvalue weighted by atomic mass is 35.5. The van der Waals surface area contributed by atoms with Gasteiger partial charge >= 0.3 is 6.18 Å². The van der Waals surface area contributed by atoms with Crippen molar-refractivity contribution >= 4 is 21.6 Å². The molecule has 1 aliphatic rings. The number of nitrogens with one attached hydrogen (secondary N) is 1. The van der Waals surface area contributed by atoms with Crippen LogP contribution in [-0.2, 0) is 40.5 Å². The normalized spacial score (nSPS) is 14.8. The molecule has 0 bridgehead atoms. The summed E-state index contributed by atoms with van der Waals surface area (Å²) in [4.78, 5) is -0.0785. The molecule has 7 nitrogen and oxygen atoms in total.